The van der Waals surface area contributed by atoms with E-state index in [4.69, 9.17) is 27.6 Å². The van der Waals surface area contributed by atoms with Crippen molar-refractivity contribution in [3.63, 3.8) is 0 Å². The second-order valence-electron chi connectivity index (χ2n) is 5.83. The topological polar surface area (TPSA) is 60.1 Å². The summed E-state index contributed by atoms with van der Waals surface area (Å²) in [5.74, 6) is 0.584. The van der Waals surface area contributed by atoms with Gasteiger partial charge in [-0.2, -0.15) is 5.10 Å². The lowest BCUT2D eigenvalue weighted by atomic mass is 10.2. The van der Waals surface area contributed by atoms with Gasteiger partial charge in [0.15, 0.2) is 5.76 Å². The summed E-state index contributed by atoms with van der Waals surface area (Å²) in [7, 11) is 0. The first-order valence-electron chi connectivity index (χ1n) is 7.85. The first-order valence-corrected chi connectivity index (χ1v) is 9.40. The number of halogens is 3. The minimum Gasteiger partial charge on any atom is -0.454 e. The molecule has 26 heavy (non-hydrogen) atoms. The number of nitrogens with one attached hydrogen (secondary N) is 1. The van der Waals surface area contributed by atoms with Crippen molar-refractivity contribution in [1.82, 2.24) is 15.1 Å². The van der Waals surface area contributed by atoms with Gasteiger partial charge in [-0.15, -0.1) is 0 Å². The fourth-order valence-corrected chi connectivity index (χ4v) is 3.25. The number of hydrogen-bond donors (Lipinski definition) is 1. The molecule has 0 saturated carbocycles. The van der Waals surface area contributed by atoms with Crippen LogP contribution >= 0.6 is 39.1 Å². The summed E-state index contributed by atoms with van der Waals surface area (Å²) in [5, 5.41) is 8.28. The Balaban J connectivity index is 1.65. The average Bonchev–Trinajstić information content (AvgIpc) is 3.15. The largest absolute Gasteiger partial charge is 0.454 e. The molecule has 0 bridgehead atoms. The summed E-state index contributed by atoms with van der Waals surface area (Å²) in [5.41, 5.74) is 2.69. The number of carbonyl (C=O) groups is 1. The van der Waals surface area contributed by atoms with Crippen molar-refractivity contribution < 1.29 is 9.21 Å². The molecule has 0 radical (unpaired) electrons. The number of nitrogens with zero attached hydrogens (tertiary/aromatic N) is 2. The Labute approximate surface area is 169 Å². The van der Waals surface area contributed by atoms with E-state index in [1.54, 1.807) is 30.3 Å². The Morgan fingerprint density at radius 3 is 2.69 bits per heavy atom. The van der Waals surface area contributed by atoms with Crippen LogP contribution in [0.15, 0.2) is 39.2 Å². The predicted molar refractivity (Wildman–Crippen MR) is 105 cm³/mol. The molecule has 0 fully saturated rings. The van der Waals surface area contributed by atoms with E-state index in [1.165, 1.54) is 0 Å². The molecule has 0 spiro atoms. The van der Waals surface area contributed by atoms with E-state index in [0.29, 0.717) is 22.4 Å². The molecule has 2 heterocycles. The molecular weight excluding hydrogens is 441 g/mol. The van der Waals surface area contributed by atoms with E-state index in [-0.39, 0.29) is 18.2 Å². The number of rotatable bonds is 5. The molecule has 0 aliphatic carbocycles. The van der Waals surface area contributed by atoms with Crippen LogP contribution < -0.4 is 5.32 Å². The quantitative estimate of drug-likeness (QED) is 0.578. The molecule has 3 aromatic rings. The third kappa shape index (κ3) is 4.14. The normalized spacial score (nSPS) is 11.0. The highest BCUT2D eigenvalue weighted by atomic mass is 79.9. The number of aromatic nitrogens is 2. The monoisotopic (exact) mass is 455 g/mol. The Bertz CT molecular complexity index is 965. The number of hydrogen-bond acceptors (Lipinski definition) is 3. The number of furan rings is 1. The summed E-state index contributed by atoms with van der Waals surface area (Å²) < 4.78 is 8.45. The van der Waals surface area contributed by atoms with Crippen molar-refractivity contribution in [2.45, 2.75) is 26.9 Å². The fraction of sp³-hybridized carbons (Fsp3) is 0.222. The summed E-state index contributed by atoms with van der Waals surface area (Å²) in [6.45, 7) is 4.64. The number of aryl methyl sites for hydroxylation is 1. The first kappa shape index (κ1) is 19.0. The van der Waals surface area contributed by atoms with Crippen LogP contribution in [0.4, 0.5) is 0 Å². The van der Waals surface area contributed by atoms with Gasteiger partial charge in [0.05, 0.1) is 22.4 Å². The average molecular weight is 457 g/mol. The Kier molecular flexibility index (Phi) is 5.75. The van der Waals surface area contributed by atoms with Gasteiger partial charge >= 0.3 is 0 Å². The lowest BCUT2D eigenvalue weighted by Gasteiger charge is -2.06. The molecule has 136 valence electrons. The molecule has 1 aromatic carbocycles. The minimum absolute atomic E-state index is 0.241. The molecule has 0 saturated heterocycles. The Morgan fingerprint density at radius 2 is 2.04 bits per heavy atom. The number of carbonyl (C=O) groups excluding carboxylic acids is 1. The number of amides is 1. The van der Waals surface area contributed by atoms with E-state index < -0.39 is 0 Å². The molecule has 0 aliphatic rings. The van der Waals surface area contributed by atoms with E-state index in [2.05, 4.69) is 26.3 Å². The summed E-state index contributed by atoms with van der Waals surface area (Å²) in [4.78, 5) is 12.3. The highest BCUT2D eigenvalue weighted by Gasteiger charge is 2.14. The van der Waals surface area contributed by atoms with Gasteiger partial charge in [0.1, 0.15) is 5.76 Å². The second kappa shape index (κ2) is 7.86. The lowest BCUT2D eigenvalue weighted by Crippen LogP contribution is -2.22. The Hall–Kier alpha value is -1.76. The van der Waals surface area contributed by atoms with Crippen LogP contribution in [-0.4, -0.2) is 15.7 Å². The van der Waals surface area contributed by atoms with Crippen molar-refractivity contribution in [2.75, 3.05) is 0 Å². The zero-order valence-corrected chi connectivity index (χ0v) is 17.2. The van der Waals surface area contributed by atoms with Crippen molar-refractivity contribution in [3.8, 4) is 0 Å². The maximum absolute atomic E-state index is 12.3. The van der Waals surface area contributed by atoms with Gasteiger partial charge < -0.3 is 9.73 Å². The predicted octanol–water partition coefficient (Wildman–Crippen LogP) is 5.14. The standard InChI is InChI=1S/C18H16BrCl2N3O2/c1-10-17(19)11(2)24(23-10)9-14-5-6-16(26-14)18(25)22-8-12-3-4-13(20)7-15(12)21/h3-7H,8-9H2,1-2H3,(H,22,25). The molecule has 1 amide bonds. The zero-order chi connectivity index (χ0) is 18.8. The Morgan fingerprint density at radius 1 is 1.27 bits per heavy atom. The van der Waals surface area contributed by atoms with Crippen LogP contribution in [0.2, 0.25) is 10.0 Å². The SMILES string of the molecule is Cc1nn(Cc2ccc(C(=O)NCc3ccc(Cl)cc3Cl)o2)c(C)c1Br. The van der Waals surface area contributed by atoms with Crippen molar-refractivity contribution >= 4 is 45.0 Å². The van der Waals surface area contributed by atoms with Gasteiger partial charge in [-0.1, -0.05) is 29.3 Å². The van der Waals surface area contributed by atoms with Crippen molar-refractivity contribution in [1.29, 1.82) is 0 Å². The molecule has 0 aliphatic heterocycles. The molecular formula is C18H16BrCl2N3O2. The third-order valence-corrected chi connectivity index (χ3v) is 5.67. The molecule has 1 N–H and O–H groups in total. The van der Waals surface area contributed by atoms with Gasteiger partial charge in [-0.05, 0) is 59.6 Å². The van der Waals surface area contributed by atoms with Gasteiger partial charge in [0, 0.05) is 16.6 Å². The number of benzene rings is 1. The van der Waals surface area contributed by atoms with Crippen molar-refractivity contribution in [3.05, 3.63) is 73.3 Å². The van der Waals surface area contributed by atoms with Crippen LogP contribution in [0.5, 0.6) is 0 Å². The summed E-state index contributed by atoms with van der Waals surface area (Å²) in [6, 6.07) is 8.57. The van der Waals surface area contributed by atoms with Crippen LogP contribution in [0, 0.1) is 13.8 Å². The van der Waals surface area contributed by atoms with Crippen LogP contribution in [0.3, 0.4) is 0 Å². The molecule has 3 rings (SSSR count). The maximum atomic E-state index is 12.3. The third-order valence-electron chi connectivity index (χ3n) is 3.94. The maximum Gasteiger partial charge on any atom is 0.287 e. The minimum atomic E-state index is -0.309. The van der Waals surface area contributed by atoms with Gasteiger partial charge in [-0.25, -0.2) is 0 Å². The first-order chi connectivity index (χ1) is 12.3. The van der Waals surface area contributed by atoms with Crippen LogP contribution in [0.1, 0.15) is 33.3 Å². The highest BCUT2D eigenvalue weighted by molar-refractivity contribution is 9.10. The molecule has 0 atom stereocenters. The van der Waals surface area contributed by atoms with Gasteiger partial charge in [-0.3, -0.25) is 9.48 Å². The highest BCUT2D eigenvalue weighted by Crippen LogP contribution is 2.22. The lowest BCUT2D eigenvalue weighted by molar-refractivity contribution is 0.0921. The molecule has 8 heteroatoms. The van der Waals surface area contributed by atoms with Crippen LogP contribution in [-0.2, 0) is 13.1 Å². The van der Waals surface area contributed by atoms with Crippen molar-refractivity contribution in [2.24, 2.45) is 0 Å². The fourth-order valence-electron chi connectivity index (χ4n) is 2.49. The van der Waals surface area contributed by atoms with E-state index in [9.17, 15) is 4.79 Å². The smallest absolute Gasteiger partial charge is 0.287 e. The zero-order valence-electron chi connectivity index (χ0n) is 14.1. The van der Waals surface area contributed by atoms with E-state index >= 15 is 0 Å². The van der Waals surface area contributed by atoms with E-state index in [1.807, 2.05) is 18.5 Å². The van der Waals surface area contributed by atoms with E-state index in [0.717, 1.165) is 21.4 Å². The van der Waals surface area contributed by atoms with Gasteiger partial charge in [0.2, 0.25) is 0 Å². The summed E-state index contributed by atoms with van der Waals surface area (Å²) >= 11 is 15.5. The summed E-state index contributed by atoms with van der Waals surface area (Å²) in [6.07, 6.45) is 0. The van der Waals surface area contributed by atoms with Crippen LogP contribution in [0.25, 0.3) is 0 Å². The molecule has 0 unspecified atom stereocenters. The molecule has 5 nitrogen and oxygen atoms in total. The van der Waals surface area contributed by atoms with Gasteiger partial charge in [0.25, 0.3) is 5.91 Å². The molecule has 2 aromatic heterocycles. The second-order valence-corrected chi connectivity index (χ2v) is 7.46.